The fraction of sp³-hybridized carbons (Fsp3) is 0.640. The molecule has 6 heteroatoms. The summed E-state index contributed by atoms with van der Waals surface area (Å²) in [6.07, 6.45) is 13.3. The van der Waals surface area contributed by atoms with E-state index >= 15 is 0 Å². The maximum atomic E-state index is 13.2. The first-order chi connectivity index (χ1) is 15.1. The largest absolute Gasteiger partial charge is 0.476 e. The third kappa shape index (κ3) is 4.69. The van der Waals surface area contributed by atoms with Crippen molar-refractivity contribution in [2.45, 2.75) is 95.7 Å². The number of hydrogen-bond acceptors (Lipinski definition) is 4. The van der Waals surface area contributed by atoms with Crippen molar-refractivity contribution >= 4 is 17.0 Å². The Morgan fingerprint density at radius 3 is 2.48 bits per heavy atom. The fourth-order valence-electron chi connectivity index (χ4n) is 5.80. The summed E-state index contributed by atoms with van der Waals surface area (Å²) in [5, 5.41) is 9.56. The first kappa shape index (κ1) is 22.0. The van der Waals surface area contributed by atoms with Gasteiger partial charge in [0.1, 0.15) is 0 Å². The molecule has 31 heavy (non-hydrogen) atoms. The number of nitrogens with zero attached hydrogens (tertiary/aromatic N) is 3. The second-order valence-corrected chi connectivity index (χ2v) is 9.29. The van der Waals surface area contributed by atoms with Crippen molar-refractivity contribution in [1.82, 2.24) is 14.5 Å². The third-order valence-electron chi connectivity index (χ3n) is 7.26. The molecule has 4 rings (SSSR count). The number of carboxylic acids is 1. The summed E-state index contributed by atoms with van der Waals surface area (Å²) in [6, 6.07) is 8.54. The molecule has 1 aromatic carbocycles. The minimum Gasteiger partial charge on any atom is -0.476 e. The number of fused-ring (bicyclic) bond motifs is 1. The molecule has 0 spiro atoms. The van der Waals surface area contributed by atoms with Gasteiger partial charge in [0, 0.05) is 24.7 Å². The van der Waals surface area contributed by atoms with Crippen molar-refractivity contribution in [3.05, 3.63) is 40.3 Å². The lowest BCUT2D eigenvalue weighted by molar-refractivity contribution is 0.0520. The van der Waals surface area contributed by atoms with Gasteiger partial charge < -0.3 is 9.67 Å². The van der Waals surface area contributed by atoms with Crippen LogP contribution < -0.4 is 5.56 Å². The Balaban J connectivity index is 1.66. The Hall–Kier alpha value is -2.21. The number of likely N-dealkylation sites (tertiary alicyclic amines) is 1. The minimum absolute atomic E-state index is 0.0138. The smallest absolute Gasteiger partial charge is 0.360 e. The molecule has 2 heterocycles. The van der Waals surface area contributed by atoms with Crippen molar-refractivity contribution in [3.63, 3.8) is 0 Å². The van der Waals surface area contributed by atoms with Crippen LogP contribution in [0.1, 0.15) is 94.1 Å². The lowest BCUT2D eigenvalue weighted by Gasteiger charge is -2.45. The second-order valence-electron chi connectivity index (χ2n) is 9.29. The summed E-state index contributed by atoms with van der Waals surface area (Å²) in [4.78, 5) is 31.7. The SMILES string of the molecule is CCC[C@@H]1C[C@H](n2c(=O)c(C(=O)O)nc3ccccc32)CCN1C1CCCCCCC1. The fourth-order valence-corrected chi connectivity index (χ4v) is 5.80. The first-order valence-electron chi connectivity index (χ1n) is 12.1. The van der Waals surface area contributed by atoms with Gasteiger partial charge in [-0.25, -0.2) is 9.78 Å². The molecule has 0 unspecified atom stereocenters. The van der Waals surface area contributed by atoms with Crippen LogP contribution in [0.4, 0.5) is 0 Å². The van der Waals surface area contributed by atoms with Gasteiger partial charge in [-0.3, -0.25) is 9.69 Å². The summed E-state index contributed by atoms with van der Waals surface area (Å²) in [7, 11) is 0. The van der Waals surface area contributed by atoms with E-state index in [1.54, 1.807) is 10.6 Å². The number of rotatable bonds is 5. The molecular weight excluding hydrogens is 390 g/mol. The van der Waals surface area contributed by atoms with Gasteiger partial charge in [0.05, 0.1) is 11.0 Å². The Morgan fingerprint density at radius 2 is 1.77 bits per heavy atom. The van der Waals surface area contributed by atoms with Crippen molar-refractivity contribution in [3.8, 4) is 0 Å². The number of para-hydroxylation sites is 2. The molecule has 0 radical (unpaired) electrons. The molecule has 1 N–H and O–H groups in total. The number of carbonyl (C=O) groups is 1. The van der Waals surface area contributed by atoms with E-state index in [9.17, 15) is 14.7 Å². The zero-order chi connectivity index (χ0) is 21.8. The van der Waals surface area contributed by atoms with Gasteiger partial charge in [-0.15, -0.1) is 0 Å². The van der Waals surface area contributed by atoms with Crippen molar-refractivity contribution in [2.24, 2.45) is 0 Å². The molecule has 168 valence electrons. The van der Waals surface area contributed by atoms with Gasteiger partial charge in [-0.05, 0) is 44.2 Å². The number of piperidine rings is 1. The van der Waals surface area contributed by atoms with E-state index in [-0.39, 0.29) is 11.7 Å². The highest BCUT2D eigenvalue weighted by Gasteiger charge is 2.34. The van der Waals surface area contributed by atoms with Crippen LogP contribution in [0.15, 0.2) is 29.1 Å². The van der Waals surface area contributed by atoms with Crippen molar-refractivity contribution in [1.29, 1.82) is 0 Å². The van der Waals surface area contributed by atoms with Crippen LogP contribution in [0.5, 0.6) is 0 Å². The lowest BCUT2D eigenvalue weighted by atomic mass is 9.88. The Kier molecular flexibility index (Phi) is 7.06. The van der Waals surface area contributed by atoms with Gasteiger partial charge in [-0.2, -0.15) is 0 Å². The van der Waals surface area contributed by atoms with E-state index < -0.39 is 11.5 Å². The van der Waals surface area contributed by atoms with Crippen LogP contribution in [0.25, 0.3) is 11.0 Å². The molecule has 2 atom stereocenters. The van der Waals surface area contributed by atoms with Crippen LogP contribution >= 0.6 is 0 Å². The molecule has 2 aromatic rings. The Labute approximate surface area is 184 Å². The van der Waals surface area contributed by atoms with Crippen LogP contribution in [0.2, 0.25) is 0 Å². The summed E-state index contributed by atoms with van der Waals surface area (Å²) in [5.74, 6) is -1.25. The zero-order valence-electron chi connectivity index (χ0n) is 18.6. The maximum Gasteiger partial charge on any atom is 0.360 e. The molecule has 6 nitrogen and oxygen atoms in total. The van der Waals surface area contributed by atoms with Gasteiger partial charge in [0.15, 0.2) is 0 Å². The number of aromatic nitrogens is 2. The van der Waals surface area contributed by atoms with Crippen LogP contribution in [-0.2, 0) is 0 Å². The first-order valence-corrected chi connectivity index (χ1v) is 12.1. The third-order valence-corrected chi connectivity index (χ3v) is 7.26. The monoisotopic (exact) mass is 425 g/mol. The van der Waals surface area contributed by atoms with Crippen LogP contribution in [0.3, 0.4) is 0 Å². The average molecular weight is 426 g/mol. The van der Waals surface area contributed by atoms with E-state index in [0.717, 1.165) is 37.7 Å². The number of hydrogen-bond donors (Lipinski definition) is 1. The summed E-state index contributed by atoms with van der Waals surface area (Å²) in [5.41, 5.74) is 0.491. The zero-order valence-corrected chi connectivity index (χ0v) is 18.6. The van der Waals surface area contributed by atoms with Gasteiger partial charge in [0.2, 0.25) is 5.69 Å². The standard InChI is InChI=1S/C25H35N3O3/c1-2-10-19-17-20(15-16-27(19)18-11-6-4-3-5-7-12-18)28-22-14-9-8-13-21(22)26-23(24(28)29)25(30)31/h8-9,13-14,18-20H,2-7,10-12,15-17H2,1H3,(H,30,31)/t19-,20-/m1/s1. The summed E-state index contributed by atoms with van der Waals surface area (Å²) in [6.45, 7) is 3.21. The molecular formula is C25H35N3O3. The molecule has 1 aliphatic heterocycles. The van der Waals surface area contributed by atoms with E-state index in [1.807, 2.05) is 18.2 Å². The molecule has 0 amide bonds. The average Bonchev–Trinajstić information content (AvgIpc) is 2.74. The van der Waals surface area contributed by atoms with Crippen molar-refractivity contribution < 1.29 is 9.90 Å². The minimum atomic E-state index is -1.25. The van der Waals surface area contributed by atoms with Crippen LogP contribution in [-0.4, -0.2) is 44.2 Å². The van der Waals surface area contributed by atoms with Gasteiger partial charge in [0.25, 0.3) is 5.56 Å². The van der Waals surface area contributed by atoms with E-state index in [1.165, 1.54) is 44.9 Å². The second kappa shape index (κ2) is 9.94. The quantitative estimate of drug-likeness (QED) is 0.728. The predicted octanol–water partition coefficient (Wildman–Crippen LogP) is 5.01. The summed E-state index contributed by atoms with van der Waals surface area (Å²) >= 11 is 0. The highest BCUT2D eigenvalue weighted by atomic mass is 16.4. The maximum absolute atomic E-state index is 13.2. The number of benzene rings is 1. The number of aromatic carboxylic acids is 1. The van der Waals surface area contributed by atoms with E-state index in [2.05, 4.69) is 16.8 Å². The summed E-state index contributed by atoms with van der Waals surface area (Å²) < 4.78 is 1.74. The Bertz CT molecular complexity index is 962. The molecule has 1 aromatic heterocycles. The molecule has 1 saturated heterocycles. The molecule has 2 aliphatic rings. The molecule has 1 saturated carbocycles. The van der Waals surface area contributed by atoms with Gasteiger partial charge in [-0.1, -0.05) is 57.6 Å². The molecule has 2 fully saturated rings. The predicted molar refractivity (Wildman–Crippen MR) is 123 cm³/mol. The van der Waals surface area contributed by atoms with Crippen LogP contribution in [0, 0.1) is 0 Å². The normalized spacial score (nSPS) is 24.0. The topological polar surface area (TPSA) is 75.4 Å². The molecule has 0 bridgehead atoms. The number of carboxylic acid groups (broad SMARTS) is 1. The lowest BCUT2D eigenvalue weighted by Crippen LogP contribution is -2.50. The molecule has 1 aliphatic carbocycles. The highest BCUT2D eigenvalue weighted by Crippen LogP contribution is 2.34. The van der Waals surface area contributed by atoms with Crippen molar-refractivity contribution in [2.75, 3.05) is 6.54 Å². The Morgan fingerprint density at radius 1 is 1.06 bits per heavy atom. The van der Waals surface area contributed by atoms with E-state index in [4.69, 9.17) is 0 Å². The highest BCUT2D eigenvalue weighted by molar-refractivity contribution is 5.88. The van der Waals surface area contributed by atoms with E-state index in [0.29, 0.717) is 17.6 Å². The van der Waals surface area contributed by atoms with Gasteiger partial charge >= 0.3 is 5.97 Å².